The third-order valence-corrected chi connectivity index (χ3v) is 11.1. The van der Waals surface area contributed by atoms with Gasteiger partial charge in [0.25, 0.3) is 0 Å². The van der Waals surface area contributed by atoms with Crippen LogP contribution in [-0.2, 0) is 15.4 Å². The van der Waals surface area contributed by atoms with Crippen LogP contribution in [0.1, 0.15) is 29.5 Å². The van der Waals surface area contributed by atoms with Crippen LogP contribution in [0.2, 0.25) is 0 Å². The smallest absolute Gasteiger partial charge is 0.175 e. The van der Waals surface area contributed by atoms with Gasteiger partial charge in [-0.25, -0.2) is 12.8 Å². The van der Waals surface area contributed by atoms with Gasteiger partial charge in [-0.2, -0.15) is 5.10 Å². The van der Waals surface area contributed by atoms with E-state index in [1.807, 2.05) is 36.7 Å². The van der Waals surface area contributed by atoms with Gasteiger partial charge in [0, 0.05) is 61.2 Å². The molecular formula is C43H37FN4O3S. The highest BCUT2D eigenvalue weighted by atomic mass is 32.2. The molecule has 52 heavy (non-hydrogen) atoms. The molecule has 0 amide bonds. The number of rotatable bonds is 9. The summed E-state index contributed by atoms with van der Waals surface area (Å²) in [5, 5.41) is 6.11. The van der Waals surface area contributed by atoms with E-state index in [0.29, 0.717) is 25.9 Å². The van der Waals surface area contributed by atoms with Gasteiger partial charge in [0.15, 0.2) is 21.4 Å². The van der Waals surface area contributed by atoms with Crippen LogP contribution in [0.15, 0.2) is 157 Å². The zero-order valence-corrected chi connectivity index (χ0v) is 29.5. The van der Waals surface area contributed by atoms with E-state index < -0.39 is 21.2 Å². The number of benzene rings is 5. The van der Waals surface area contributed by atoms with Crippen molar-refractivity contribution in [1.82, 2.24) is 14.8 Å². The van der Waals surface area contributed by atoms with Crippen LogP contribution in [0.25, 0.3) is 22.0 Å². The lowest BCUT2D eigenvalue weighted by molar-refractivity contribution is 0.164. The van der Waals surface area contributed by atoms with Crippen molar-refractivity contribution in [2.75, 3.05) is 24.2 Å². The molecule has 1 fully saturated rings. The molecule has 7 aromatic rings. The highest BCUT2D eigenvalue weighted by Crippen LogP contribution is 2.41. The van der Waals surface area contributed by atoms with Crippen molar-refractivity contribution in [3.8, 4) is 16.9 Å². The van der Waals surface area contributed by atoms with E-state index in [9.17, 15) is 12.8 Å². The first kappa shape index (κ1) is 33.3. The number of ether oxygens (including phenoxy) is 1. The highest BCUT2D eigenvalue weighted by Gasteiger charge is 2.39. The van der Waals surface area contributed by atoms with Crippen LogP contribution < -0.4 is 9.64 Å². The minimum atomic E-state index is -3.50. The Morgan fingerprint density at radius 2 is 1.37 bits per heavy atom. The number of pyridine rings is 1. The van der Waals surface area contributed by atoms with Gasteiger partial charge in [0.1, 0.15) is 11.6 Å². The van der Waals surface area contributed by atoms with E-state index in [2.05, 4.69) is 112 Å². The van der Waals surface area contributed by atoms with E-state index >= 15 is 0 Å². The van der Waals surface area contributed by atoms with E-state index in [0.717, 1.165) is 56.7 Å². The molecule has 0 spiro atoms. The first-order chi connectivity index (χ1) is 25.3. The lowest BCUT2D eigenvalue weighted by atomic mass is 9.77. The normalized spacial score (nSPS) is 14.1. The number of hydrogen-bond acceptors (Lipinski definition) is 6. The Balaban J connectivity index is 1.10. The maximum absolute atomic E-state index is 14.7. The highest BCUT2D eigenvalue weighted by molar-refractivity contribution is 7.90. The minimum absolute atomic E-state index is 0.0636. The molecule has 3 heterocycles. The fraction of sp³-hybridized carbons (Fsp3) is 0.163. The molecule has 0 bridgehead atoms. The maximum atomic E-state index is 14.7. The molecule has 0 unspecified atom stereocenters. The summed E-state index contributed by atoms with van der Waals surface area (Å²) >= 11 is 0. The summed E-state index contributed by atoms with van der Waals surface area (Å²) in [6.45, 7) is 1.42. The van der Waals surface area contributed by atoms with Gasteiger partial charge in [0.2, 0.25) is 0 Å². The summed E-state index contributed by atoms with van der Waals surface area (Å²) in [5.41, 5.74) is 6.59. The number of aromatic nitrogens is 3. The Hall–Kier alpha value is -5.80. The van der Waals surface area contributed by atoms with Crippen molar-refractivity contribution < 1.29 is 17.5 Å². The Bertz CT molecular complexity index is 2350. The number of sulfone groups is 1. The number of anilines is 1. The second kappa shape index (κ2) is 13.7. The zero-order valence-electron chi connectivity index (χ0n) is 28.6. The van der Waals surface area contributed by atoms with Crippen LogP contribution in [0.3, 0.4) is 0 Å². The SMILES string of the molecule is CS(=O)(=O)c1ccc(OC2CCN(c3ccnc4ccc(-c5cnn(C(c6ccccc6)(c6ccccc6)c6ccccc6)c5)cc34)CC2)c(F)c1. The molecule has 0 saturated carbocycles. The van der Waals surface area contributed by atoms with Gasteiger partial charge < -0.3 is 9.64 Å². The average molecular weight is 709 g/mol. The summed E-state index contributed by atoms with van der Waals surface area (Å²) < 4.78 is 46.5. The van der Waals surface area contributed by atoms with Crippen molar-refractivity contribution in [2.45, 2.75) is 29.4 Å². The fourth-order valence-corrected chi connectivity index (χ4v) is 8.01. The zero-order chi connectivity index (χ0) is 35.7. The number of piperidine rings is 1. The number of nitrogens with zero attached hydrogens (tertiary/aromatic N) is 4. The lowest BCUT2D eigenvalue weighted by Crippen LogP contribution is -2.38. The maximum Gasteiger partial charge on any atom is 0.175 e. The lowest BCUT2D eigenvalue weighted by Gasteiger charge is -2.36. The Morgan fingerprint density at radius 3 is 1.94 bits per heavy atom. The first-order valence-electron chi connectivity index (χ1n) is 17.3. The van der Waals surface area contributed by atoms with Gasteiger partial charge in [0.05, 0.1) is 16.6 Å². The van der Waals surface area contributed by atoms with Gasteiger partial charge in [-0.15, -0.1) is 0 Å². The molecular weight excluding hydrogens is 672 g/mol. The van der Waals surface area contributed by atoms with Crippen molar-refractivity contribution in [3.05, 3.63) is 175 Å². The molecule has 8 rings (SSSR count). The largest absolute Gasteiger partial charge is 0.487 e. The third-order valence-electron chi connectivity index (χ3n) is 9.96. The molecule has 5 aromatic carbocycles. The predicted octanol–water partition coefficient (Wildman–Crippen LogP) is 8.53. The van der Waals surface area contributed by atoms with E-state index in [4.69, 9.17) is 9.84 Å². The summed E-state index contributed by atoms with van der Waals surface area (Å²) in [6.07, 6.45) is 8.15. The summed E-state index contributed by atoms with van der Waals surface area (Å²) in [5.74, 6) is -0.601. The molecule has 2 aromatic heterocycles. The number of halogens is 1. The van der Waals surface area contributed by atoms with Gasteiger partial charge in [-0.3, -0.25) is 9.67 Å². The average Bonchev–Trinajstić information content (AvgIpc) is 3.67. The Morgan fingerprint density at radius 1 is 0.750 bits per heavy atom. The molecule has 9 heteroatoms. The standard InChI is InChI=1S/C43H37FN4O3S/c1-52(49,50)37-18-20-42(39(44)28-37)51-36-22-25-47(26-23-36)41-21-24-45-40-19-17-31(27-38(40)41)32-29-46-48(30-32)43(33-11-5-2-6-12-33,34-13-7-3-8-14-34)35-15-9-4-10-16-35/h2-21,24,27-30,36H,22-23,25-26H2,1H3. The Labute approximate surface area is 302 Å². The second-order valence-electron chi connectivity index (χ2n) is 13.2. The molecule has 0 aliphatic carbocycles. The molecule has 1 aliphatic heterocycles. The summed E-state index contributed by atoms with van der Waals surface area (Å²) in [4.78, 5) is 6.94. The van der Waals surface area contributed by atoms with Crippen LogP contribution in [0.4, 0.5) is 10.1 Å². The van der Waals surface area contributed by atoms with E-state index in [1.54, 1.807) is 0 Å². The minimum Gasteiger partial charge on any atom is -0.487 e. The van der Waals surface area contributed by atoms with Crippen LogP contribution in [0, 0.1) is 5.82 Å². The molecule has 1 aliphatic rings. The predicted molar refractivity (Wildman–Crippen MR) is 203 cm³/mol. The third kappa shape index (κ3) is 6.22. The van der Waals surface area contributed by atoms with Crippen LogP contribution in [0.5, 0.6) is 5.75 Å². The molecule has 1 saturated heterocycles. The topological polar surface area (TPSA) is 77.3 Å². The van der Waals surface area contributed by atoms with Gasteiger partial charge >= 0.3 is 0 Å². The van der Waals surface area contributed by atoms with Gasteiger partial charge in [-0.1, -0.05) is 97.1 Å². The van der Waals surface area contributed by atoms with Crippen LogP contribution >= 0.6 is 0 Å². The molecule has 7 nitrogen and oxygen atoms in total. The molecule has 0 radical (unpaired) electrons. The second-order valence-corrected chi connectivity index (χ2v) is 15.2. The molecule has 260 valence electrons. The Kier molecular flexibility index (Phi) is 8.80. The summed E-state index contributed by atoms with van der Waals surface area (Å²) in [7, 11) is -3.50. The van der Waals surface area contributed by atoms with Crippen molar-refractivity contribution in [3.63, 3.8) is 0 Å². The fourth-order valence-electron chi connectivity index (χ4n) is 7.38. The monoisotopic (exact) mass is 708 g/mol. The van der Waals surface area contributed by atoms with Crippen molar-refractivity contribution in [1.29, 1.82) is 0 Å². The molecule has 0 N–H and O–H groups in total. The number of fused-ring (bicyclic) bond motifs is 1. The first-order valence-corrected chi connectivity index (χ1v) is 19.2. The summed E-state index contributed by atoms with van der Waals surface area (Å²) in [6, 6.07) is 43.7. The number of hydrogen-bond donors (Lipinski definition) is 0. The molecule has 0 atom stereocenters. The van der Waals surface area contributed by atoms with Crippen LogP contribution in [-0.4, -0.2) is 48.6 Å². The van der Waals surface area contributed by atoms with E-state index in [1.165, 1.54) is 12.1 Å². The van der Waals surface area contributed by atoms with Gasteiger partial charge in [-0.05, 0) is 58.7 Å². The quantitative estimate of drug-likeness (QED) is 0.140. The van der Waals surface area contributed by atoms with E-state index in [-0.39, 0.29) is 16.7 Å². The van der Waals surface area contributed by atoms with Crippen molar-refractivity contribution >= 4 is 26.4 Å². The van der Waals surface area contributed by atoms with Crippen molar-refractivity contribution in [2.24, 2.45) is 0 Å².